The normalized spacial score (nSPS) is 23.5. The monoisotopic (exact) mass is 345 g/mol. The number of nitrogens with zero attached hydrogens (tertiary/aromatic N) is 1. The van der Waals surface area contributed by atoms with Gasteiger partial charge in [-0.15, -0.1) is 0 Å². The summed E-state index contributed by atoms with van der Waals surface area (Å²) in [6.07, 6.45) is 6.09. The Balaban J connectivity index is 1.80. The van der Waals surface area contributed by atoms with Crippen LogP contribution in [0.2, 0.25) is 0 Å². The van der Waals surface area contributed by atoms with Crippen LogP contribution in [0.25, 0.3) is 0 Å². The minimum absolute atomic E-state index is 0.0824. The zero-order valence-electron chi connectivity index (χ0n) is 14.5. The molecule has 6 nitrogen and oxygen atoms in total. The summed E-state index contributed by atoms with van der Waals surface area (Å²) in [5, 5.41) is 9.23. The van der Waals surface area contributed by atoms with Crippen LogP contribution in [0.4, 0.5) is 0 Å². The standard InChI is InChI=1S/C19H23NO5/c1-24-15-6-13(7-16(9-15)25-2)10-20(11-18(21)22)19(23)17-8-12-3-4-14(17)5-12/h3-4,6-7,9,12,14,17H,5,8,10-11H2,1-2H3,(H,21,22). The molecule has 0 radical (unpaired) electrons. The summed E-state index contributed by atoms with van der Waals surface area (Å²) in [4.78, 5) is 25.6. The zero-order valence-corrected chi connectivity index (χ0v) is 14.5. The lowest BCUT2D eigenvalue weighted by Crippen LogP contribution is -2.40. The summed E-state index contributed by atoms with van der Waals surface area (Å²) in [7, 11) is 3.11. The van der Waals surface area contributed by atoms with Gasteiger partial charge in [-0.2, -0.15) is 0 Å². The Bertz CT molecular complexity index is 677. The van der Waals surface area contributed by atoms with Crippen molar-refractivity contribution in [3.63, 3.8) is 0 Å². The molecule has 0 heterocycles. The molecule has 0 spiro atoms. The lowest BCUT2D eigenvalue weighted by molar-refractivity contribution is -0.147. The molecule has 6 heteroatoms. The summed E-state index contributed by atoms with van der Waals surface area (Å²) in [6.45, 7) is -0.0910. The second kappa shape index (κ2) is 7.17. The third-order valence-corrected chi connectivity index (χ3v) is 5.02. The molecule has 1 aromatic rings. The number of carboxylic acid groups (broad SMARTS) is 1. The maximum atomic E-state index is 13.0. The Morgan fingerprint density at radius 3 is 2.28 bits per heavy atom. The Labute approximate surface area is 147 Å². The quantitative estimate of drug-likeness (QED) is 0.768. The number of hydrogen-bond donors (Lipinski definition) is 1. The van der Waals surface area contributed by atoms with E-state index < -0.39 is 5.97 Å². The van der Waals surface area contributed by atoms with Crippen molar-refractivity contribution in [2.24, 2.45) is 17.8 Å². The molecule has 1 aromatic carbocycles. The first-order valence-electron chi connectivity index (χ1n) is 8.41. The number of allylic oxidation sites excluding steroid dienone is 2. The third kappa shape index (κ3) is 3.78. The van der Waals surface area contributed by atoms with Crippen LogP contribution in [-0.2, 0) is 16.1 Å². The molecule has 3 atom stereocenters. The molecule has 1 saturated carbocycles. The SMILES string of the molecule is COc1cc(CN(CC(=O)O)C(=O)C2CC3C=CC2C3)cc(OC)c1. The van der Waals surface area contributed by atoms with Gasteiger partial charge in [0.15, 0.2) is 0 Å². The van der Waals surface area contributed by atoms with E-state index in [9.17, 15) is 14.7 Å². The zero-order chi connectivity index (χ0) is 18.0. The molecule has 0 aliphatic heterocycles. The van der Waals surface area contributed by atoms with Crippen LogP contribution < -0.4 is 9.47 Å². The van der Waals surface area contributed by atoms with Crippen LogP contribution >= 0.6 is 0 Å². The first-order chi connectivity index (χ1) is 12.0. The van der Waals surface area contributed by atoms with E-state index in [1.54, 1.807) is 32.4 Å². The van der Waals surface area contributed by atoms with Crippen molar-refractivity contribution >= 4 is 11.9 Å². The highest BCUT2D eigenvalue weighted by Gasteiger charge is 2.41. The summed E-state index contributed by atoms with van der Waals surface area (Å²) < 4.78 is 10.5. The molecule has 2 aliphatic carbocycles. The second-order valence-electron chi connectivity index (χ2n) is 6.70. The summed E-state index contributed by atoms with van der Waals surface area (Å²) in [5.41, 5.74) is 0.782. The first kappa shape index (κ1) is 17.3. The van der Waals surface area contributed by atoms with E-state index in [4.69, 9.17) is 9.47 Å². The van der Waals surface area contributed by atoms with Crippen LogP contribution in [0.5, 0.6) is 11.5 Å². The average Bonchev–Trinajstić information content (AvgIpc) is 3.23. The van der Waals surface area contributed by atoms with E-state index in [1.165, 1.54) is 4.90 Å². The van der Waals surface area contributed by atoms with Gasteiger partial charge < -0.3 is 19.5 Å². The van der Waals surface area contributed by atoms with Gasteiger partial charge >= 0.3 is 5.97 Å². The molecular formula is C19H23NO5. The highest BCUT2D eigenvalue weighted by molar-refractivity contribution is 5.84. The topological polar surface area (TPSA) is 76.1 Å². The Morgan fingerprint density at radius 2 is 1.80 bits per heavy atom. The Morgan fingerprint density at radius 1 is 1.12 bits per heavy atom. The van der Waals surface area contributed by atoms with Gasteiger partial charge in [0.1, 0.15) is 18.0 Å². The van der Waals surface area contributed by atoms with Gasteiger partial charge in [-0.05, 0) is 42.4 Å². The Kier molecular flexibility index (Phi) is 4.97. The van der Waals surface area contributed by atoms with Crippen LogP contribution in [0, 0.1) is 17.8 Å². The van der Waals surface area contributed by atoms with E-state index >= 15 is 0 Å². The minimum Gasteiger partial charge on any atom is -0.497 e. The summed E-state index contributed by atoms with van der Waals surface area (Å²) in [5.74, 6) is 0.723. The number of methoxy groups -OCH3 is 2. The van der Waals surface area contributed by atoms with Crippen molar-refractivity contribution in [3.8, 4) is 11.5 Å². The molecule has 0 aromatic heterocycles. The minimum atomic E-state index is -1.01. The molecule has 0 saturated heterocycles. The summed E-state index contributed by atoms with van der Waals surface area (Å²) in [6, 6.07) is 5.34. The van der Waals surface area contributed by atoms with Gasteiger partial charge in [-0.3, -0.25) is 9.59 Å². The molecule has 3 unspecified atom stereocenters. The number of carbonyl (C=O) groups excluding carboxylic acids is 1. The Hall–Kier alpha value is -2.50. The molecule has 2 aliphatic rings. The molecule has 134 valence electrons. The molecule has 25 heavy (non-hydrogen) atoms. The highest BCUT2D eigenvalue weighted by Crippen LogP contribution is 2.44. The van der Waals surface area contributed by atoms with Gasteiger partial charge in [0.05, 0.1) is 14.2 Å². The smallest absolute Gasteiger partial charge is 0.323 e. The molecule has 2 bridgehead atoms. The van der Waals surface area contributed by atoms with Gasteiger partial charge in [-0.25, -0.2) is 0 Å². The predicted molar refractivity (Wildman–Crippen MR) is 91.4 cm³/mol. The largest absolute Gasteiger partial charge is 0.497 e. The molecule has 1 N–H and O–H groups in total. The van der Waals surface area contributed by atoms with Crippen molar-refractivity contribution in [1.82, 2.24) is 4.90 Å². The van der Waals surface area contributed by atoms with Gasteiger partial charge in [0.25, 0.3) is 0 Å². The molecule has 3 rings (SSSR count). The van der Waals surface area contributed by atoms with E-state index in [0.717, 1.165) is 18.4 Å². The lowest BCUT2D eigenvalue weighted by Gasteiger charge is -2.27. The van der Waals surface area contributed by atoms with Crippen molar-refractivity contribution in [2.45, 2.75) is 19.4 Å². The maximum absolute atomic E-state index is 13.0. The number of amides is 1. The molecule has 1 amide bonds. The van der Waals surface area contributed by atoms with Crippen LogP contribution in [0.15, 0.2) is 30.4 Å². The fraction of sp³-hybridized carbons (Fsp3) is 0.474. The second-order valence-corrected chi connectivity index (χ2v) is 6.70. The maximum Gasteiger partial charge on any atom is 0.323 e. The predicted octanol–water partition coefficient (Wildman–Crippen LogP) is 2.33. The fourth-order valence-electron chi connectivity index (χ4n) is 3.85. The van der Waals surface area contributed by atoms with Gasteiger partial charge in [0.2, 0.25) is 5.91 Å². The van der Waals surface area contributed by atoms with Crippen LogP contribution in [0.3, 0.4) is 0 Å². The fourth-order valence-corrected chi connectivity index (χ4v) is 3.85. The van der Waals surface area contributed by atoms with E-state index in [0.29, 0.717) is 17.4 Å². The number of hydrogen-bond acceptors (Lipinski definition) is 4. The van der Waals surface area contributed by atoms with Crippen molar-refractivity contribution in [1.29, 1.82) is 0 Å². The average molecular weight is 345 g/mol. The van der Waals surface area contributed by atoms with Gasteiger partial charge in [0, 0.05) is 18.5 Å². The van der Waals surface area contributed by atoms with Crippen LogP contribution in [-0.4, -0.2) is 42.6 Å². The van der Waals surface area contributed by atoms with E-state index in [2.05, 4.69) is 12.2 Å². The number of ether oxygens (including phenoxy) is 2. The number of fused-ring (bicyclic) bond motifs is 2. The van der Waals surface area contributed by atoms with Crippen molar-refractivity contribution in [2.75, 3.05) is 20.8 Å². The third-order valence-electron chi connectivity index (χ3n) is 5.02. The number of benzene rings is 1. The number of carboxylic acids is 1. The van der Waals surface area contributed by atoms with E-state index in [-0.39, 0.29) is 30.8 Å². The first-order valence-corrected chi connectivity index (χ1v) is 8.41. The van der Waals surface area contributed by atoms with Crippen molar-refractivity contribution in [3.05, 3.63) is 35.9 Å². The number of rotatable bonds is 7. The highest BCUT2D eigenvalue weighted by atomic mass is 16.5. The molecular weight excluding hydrogens is 322 g/mol. The number of carbonyl (C=O) groups is 2. The van der Waals surface area contributed by atoms with Crippen molar-refractivity contribution < 1.29 is 24.2 Å². The van der Waals surface area contributed by atoms with E-state index in [1.807, 2.05) is 0 Å². The lowest BCUT2D eigenvalue weighted by atomic mass is 9.92. The van der Waals surface area contributed by atoms with Crippen LogP contribution in [0.1, 0.15) is 18.4 Å². The van der Waals surface area contributed by atoms with Gasteiger partial charge in [-0.1, -0.05) is 12.2 Å². The summed E-state index contributed by atoms with van der Waals surface area (Å²) >= 11 is 0. The number of aliphatic carboxylic acids is 1. The molecule has 1 fully saturated rings.